The minimum atomic E-state index is 0.129. The molecule has 0 aliphatic heterocycles. The van der Waals surface area contributed by atoms with Gasteiger partial charge in [-0.2, -0.15) is 0 Å². The zero-order chi connectivity index (χ0) is 15.8. The molecule has 1 aromatic carbocycles. The standard InChI is InChI=1S/C20H32O2/c1-3-4-6-13-20(14-7-5-8-15-20)22-17(2)16-18-9-11-19(21)12-10-18/h9-12,17,21H,3-8,13-16H2,1-2H3. The minimum Gasteiger partial charge on any atom is -0.508 e. The molecule has 2 nitrogen and oxygen atoms in total. The van der Waals surface area contributed by atoms with Crippen molar-refractivity contribution in [3.63, 3.8) is 0 Å². The van der Waals surface area contributed by atoms with Crippen molar-refractivity contribution in [3.05, 3.63) is 29.8 Å². The van der Waals surface area contributed by atoms with Gasteiger partial charge in [-0.1, -0.05) is 57.6 Å². The lowest BCUT2D eigenvalue weighted by Crippen LogP contribution is -2.38. The molecule has 0 bridgehead atoms. The zero-order valence-corrected chi connectivity index (χ0v) is 14.3. The van der Waals surface area contributed by atoms with Gasteiger partial charge in [0.15, 0.2) is 0 Å². The van der Waals surface area contributed by atoms with Crippen LogP contribution in [-0.2, 0) is 11.2 Å². The fourth-order valence-corrected chi connectivity index (χ4v) is 3.75. The summed E-state index contributed by atoms with van der Waals surface area (Å²) in [7, 11) is 0. The van der Waals surface area contributed by atoms with Crippen LogP contribution < -0.4 is 0 Å². The summed E-state index contributed by atoms with van der Waals surface area (Å²) >= 11 is 0. The number of phenols is 1. The molecule has 1 saturated carbocycles. The first-order valence-electron chi connectivity index (χ1n) is 9.09. The van der Waals surface area contributed by atoms with Crippen LogP contribution >= 0.6 is 0 Å². The Morgan fingerprint density at radius 1 is 1.09 bits per heavy atom. The highest BCUT2D eigenvalue weighted by Gasteiger charge is 2.33. The van der Waals surface area contributed by atoms with E-state index in [4.69, 9.17) is 4.74 Å². The maximum atomic E-state index is 9.38. The van der Waals surface area contributed by atoms with Crippen molar-refractivity contribution in [1.29, 1.82) is 0 Å². The van der Waals surface area contributed by atoms with Crippen LogP contribution in [0.25, 0.3) is 0 Å². The van der Waals surface area contributed by atoms with Crippen molar-refractivity contribution in [2.75, 3.05) is 0 Å². The van der Waals surface area contributed by atoms with Crippen molar-refractivity contribution in [2.45, 2.75) is 89.8 Å². The molecule has 1 fully saturated rings. The second-order valence-corrected chi connectivity index (χ2v) is 7.00. The average Bonchev–Trinajstić information content (AvgIpc) is 2.51. The molecule has 1 aliphatic carbocycles. The van der Waals surface area contributed by atoms with Gasteiger partial charge in [-0.25, -0.2) is 0 Å². The predicted octanol–water partition coefficient (Wildman–Crippen LogP) is 5.62. The molecule has 124 valence electrons. The summed E-state index contributed by atoms with van der Waals surface area (Å²) in [5, 5.41) is 9.38. The van der Waals surface area contributed by atoms with Crippen LogP contribution in [0.5, 0.6) is 5.75 Å². The van der Waals surface area contributed by atoms with Gasteiger partial charge in [-0.3, -0.25) is 0 Å². The summed E-state index contributed by atoms with van der Waals surface area (Å²) in [6.45, 7) is 4.46. The molecule has 0 radical (unpaired) electrons. The number of benzene rings is 1. The Labute approximate surface area is 135 Å². The SMILES string of the molecule is CCCCCC1(OC(C)Cc2ccc(O)cc2)CCCCC1. The van der Waals surface area contributed by atoms with Crippen molar-refractivity contribution < 1.29 is 9.84 Å². The molecule has 0 heterocycles. The maximum Gasteiger partial charge on any atom is 0.115 e. The molecular weight excluding hydrogens is 272 g/mol. The van der Waals surface area contributed by atoms with Crippen molar-refractivity contribution in [1.82, 2.24) is 0 Å². The van der Waals surface area contributed by atoms with E-state index in [1.807, 2.05) is 12.1 Å². The van der Waals surface area contributed by atoms with Gasteiger partial charge in [0.2, 0.25) is 0 Å². The molecule has 1 atom stereocenters. The minimum absolute atomic E-state index is 0.129. The van der Waals surface area contributed by atoms with E-state index in [2.05, 4.69) is 13.8 Å². The molecular formula is C20H32O2. The van der Waals surface area contributed by atoms with Crippen LogP contribution in [0, 0.1) is 0 Å². The van der Waals surface area contributed by atoms with Crippen molar-refractivity contribution >= 4 is 0 Å². The first-order valence-corrected chi connectivity index (χ1v) is 9.09. The summed E-state index contributed by atoms with van der Waals surface area (Å²) in [6, 6.07) is 7.53. The van der Waals surface area contributed by atoms with E-state index in [9.17, 15) is 5.11 Å². The van der Waals surface area contributed by atoms with Gasteiger partial charge in [0.05, 0.1) is 11.7 Å². The van der Waals surface area contributed by atoms with Gasteiger partial charge < -0.3 is 9.84 Å². The largest absolute Gasteiger partial charge is 0.508 e. The fourth-order valence-electron chi connectivity index (χ4n) is 3.75. The second-order valence-electron chi connectivity index (χ2n) is 7.00. The first kappa shape index (κ1) is 17.3. The predicted molar refractivity (Wildman–Crippen MR) is 92.3 cm³/mol. The van der Waals surface area contributed by atoms with Crippen LogP contribution in [0.4, 0.5) is 0 Å². The normalized spacial score (nSPS) is 19.0. The van der Waals surface area contributed by atoms with Gasteiger partial charge in [-0.15, -0.1) is 0 Å². The number of rotatable bonds is 8. The second kappa shape index (κ2) is 8.57. The Balaban J connectivity index is 1.91. The zero-order valence-electron chi connectivity index (χ0n) is 14.3. The lowest BCUT2D eigenvalue weighted by atomic mass is 9.80. The quantitative estimate of drug-likeness (QED) is 0.631. The maximum absolute atomic E-state index is 9.38. The van der Waals surface area contributed by atoms with E-state index >= 15 is 0 Å². The highest BCUT2D eigenvalue weighted by atomic mass is 16.5. The van der Waals surface area contributed by atoms with E-state index in [1.165, 1.54) is 63.4 Å². The lowest BCUT2D eigenvalue weighted by molar-refractivity contribution is -0.113. The van der Waals surface area contributed by atoms with Crippen LogP contribution in [0.1, 0.15) is 77.2 Å². The number of unbranched alkanes of at least 4 members (excludes halogenated alkanes) is 2. The topological polar surface area (TPSA) is 29.5 Å². The van der Waals surface area contributed by atoms with Gasteiger partial charge in [0.25, 0.3) is 0 Å². The molecule has 22 heavy (non-hydrogen) atoms. The number of hydrogen-bond acceptors (Lipinski definition) is 2. The van der Waals surface area contributed by atoms with Crippen LogP contribution in [0.15, 0.2) is 24.3 Å². The molecule has 2 rings (SSSR count). The monoisotopic (exact) mass is 304 g/mol. The Morgan fingerprint density at radius 3 is 2.41 bits per heavy atom. The molecule has 1 aromatic rings. The number of phenolic OH excluding ortho intramolecular Hbond substituents is 1. The van der Waals surface area contributed by atoms with Crippen LogP contribution in [0.3, 0.4) is 0 Å². The Bertz CT molecular complexity index is 418. The Hall–Kier alpha value is -1.02. The van der Waals surface area contributed by atoms with E-state index in [1.54, 1.807) is 12.1 Å². The van der Waals surface area contributed by atoms with Gasteiger partial charge in [-0.05, 0) is 50.3 Å². The first-order chi connectivity index (χ1) is 10.6. The summed E-state index contributed by atoms with van der Waals surface area (Å²) in [4.78, 5) is 0. The van der Waals surface area contributed by atoms with Gasteiger partial charge >= 0.3 is 0 Å². The molecule has 1 unspecified atom stereocenters. The van der Waals surface area contributed by atoms with E-state index < -0.39 is 0 Å². The summed E-state index contributed by atoms with van der Waals surface area (Å²) in [6.07, 6.45) is 12.7. The Kier molecular flexibility index (Phi) is 6.75. The third-order valence-electron chi connectivity index (χ3n) is 4.91. The van der Waals surface area contributed by atoms with Gasteiger partial charge in [0.1, 0.15) is 5.75 Å². The highest BCUT2D eigenvalue weighted by Crippen LogP contribution is 2.37. The third kappa shape index (κ3) is 5.31. The van der Waals surface area contributed by atoms with Crippen LogP contribution in [0.2, 0.25) is 0 Å². The molecule has 0 spiro atoms. The molecule has 1 aliphatic rings. The van der Waals surface area contributed by atoms with E-state index in [0.717, 1.165) is 6.42 Å². The van der Waals surface area contributed by atoms with Crippen molar-refractivity contribution in [3.8, 4) is 5.75 Å². The van der Waals surface area contributed by atoms with Gasteiger partial charge in [0, 0.05) is 0 Å². The highest BCUT2D eigenvalue weighted by molar-refractivity contribution is 5.26. The summed E-state index contributed by atoms with van der Waals surface area (Å²) < 4.78 is 6.60. The molecule has 0 aromatic heterocycles. The molecule has 0 amide bonds. The Morgan fingerprint density at radius 2 is 1.77 bits per heavy atom. The summed E-state index contributed by atoms with van der Waals surface area (Å²) in [5.41, 5.74) is 1.37. The van der Waals surface area contributed by atoms with E-state index in [-0.39, 0.29) is 11.7 Å². The third-order valence-corrected chi connectivity index (χ3v) is 4.91. The lowest BCUT2D eigenvalue weighted by Gasteiger charge is -2.40. The van der Waals surface area contributed by atoms with E-state index in [0.29, 0.717) is 5.75 Å². The number of ether oxygens (including phenoxy) is 1. The number of aromatic hydroxyl groups is 1. The summed E-state index contributed by atoms with van der Waals surface area (Å²) in [5.74, 6) is 0.334. The molecule has 2 heteroatoms. The van der Waals surface area contributed by atoms with Crippen molar-refractivity contribution in [2.24, 2.45) is 0 Å². The average molecular weight is 304 g/mol. The van der Waals surface area contributed by atoms with Crippen LogP contribution in [-0.4, -0.2) is 16.8 Å². The fraction of sp³-hybridized carbons (Fsp3) is 0.700. The smallest absolute Gasteiger partial charge is 0.115 e. The number of hydrogen-bond donors (Lipinski definition) is 1. The molecule has 0 saturated heterocycles. The molecule has 1 N–H and O–H groups in total.